The molecule has 0 spiro atoms. The molecule has 2 unspecified atom stereocenters. The Labute approximate surface area is 187 Å². The van der Waals surface area contributed by atoms with E-state index in [-0.39, 0.29) is 11.6 Å². The molecule has 4 rings (SSSR count). The molecule has 0 saturated carbocycles. The van der Waals surface area contributed by atoms with Crippen LogP contribution in [0.5, 0.6) is 0 Å². The van der Waals surface area contributed by atoms with E-state index in [1.807, 2.05) is 0 Å². The third-order valence-electron chi connectivity index (χ3n) is 6.96. The molecule has 6 nitrogen and oxygen atoms in total. The summed E-state index contributed by atoms with van der Waals surface area (Å²) in [5, 5.41) is 7.50. The van der Waals surface area contributed by atoms with Gasteiger partial charge in [0.2, 0.25) is 0 Å². The van der Waals surface area contributed by atoms with Crippen molar-refractivity contribution in [3.63, 3.8) is 0 Å². The van der Waals surface area contributed by atoms with E-state index in [1.54, 1.807) is 0 Å². The highest BCUT2D eigenvalue weighted by atomic mass is 16.5. The average Bonchev–Trinajstić information content (AvgIpc) is 3.50. The van der Waals surface area contributed by atoms with Crippen molar-refractivity contribution in [1.29, 1.82) is 0 Å². The molecule has 2 saturated heterocycles. The molecule has 2 atom stereocenters. The molecule has 0 bridgehead atoms. The highest BCUT2D eigenvalue weighted by Gasteiger charge is 2.35. The summed E-state index contributed by atoms with van der Waals surface area (Å²) < 4.78 is 5.71. The third-order valence-corrected chi connectivity index (χ3v) is 6.96. The quantitative estimate of drug-likeness (QED) is 0.400. The zero-order valence-electron chi connectivity index (χ0n) is 19.2. The van der Waals surface area contributed by atoms with Crippen molar-refractivity contribution < 1.29 is 4.74 Å². The molecule has 6 heteroatoms. The van der Waals surface area contributed by atoms with Crippen LogP contribution in [0, 0.1) is 0 Å². The van der Waals surface area contributed by atoms with E-state index in [0.29, 0.717) is 6.04 Å². The topological polar surface area (TPSA) is 52.1 Å². The minimum Gasteiger partial charge on any atom is -0.381 e. The lowest BCUT2D eigenvalue weighted by atomic mass is 9.88. The van der Waals surface area contributed by atoms with E-state index in [0.717, 1.165) is 71.3 Å². The summed E-state index contributed by atoms with van der Waals surface area (Å²) in [4.78, 5) is 10.2. The molecule has 3 heterocycles. The lowest BCUT2D eigenvalue weighted by Crippen LogP contribution is -2.53. The number of likely N-dealkylation sites (tertiary alicyclic amines) is 1. The molecule has 0 radical (unpaired) electrons. The van der Waals surface area contributed by atoms with Crippen LogP contribution in [0.4, 0.5) is 0 Å². The van der Waals surface area contributed by atoms with Gasteiger partial charge in [-0.2, -0.15) is 0 Å². The normalized spacial score (nSPS) is 25.2. The van der Waals surface area contributed by atoms with Crippen LogP contribution in [0.1, 0.15) is 44.7 Å². The van der Waals surface area contributed by atoms with Crippen molar-refractivity contribution in [2.24, 2.45) is 4.99 Å². The van der Waals surface area contributed by atoms with E-state index in [4.69, 9.17) is 9.73 Å². The van der Waals surface area contributed by atoms with Crippen molar-refractivity contribution in [3.05, 3.63) is 48.0 Å². The third kappa shape index (κ3) is 5.68. The average molecular weight is 426 g/mol. The second kappa shape index (κ2) is 10.6. The predicted octanol–water partition coefficient (Wildman–Crippen LogP) is 2.80. The Morgan fingerprint density at radius 2 is 1.94 bits per heavy atom. The monoisotopic (exact) mass is 425 g/mol. The summed E-state index contributed by atoms with van der Waals surface area (Å²) >= 11 is 0. The zero-order valence-corrected chi connectivity index (χ0v) is 19.2. The smallest absolute Gasteiger partial charge is 0.194 e. The fourth-order valence-electron chi connectivity index (χ4n) is 5.07. The Morgan fingerprint density at radius 3 is 2.65 bits per heavy atom. The zero-order chi connectivity index (χ0) is 21.5. The number of nitrogens with zero attached hydrogens (tertiary/aromatic N) is 3. The van der Waals surface area contributed by atoms with Gasteiger partial charge in [0.05, 0.1) is 6.54 Å². The lowest BCUT2D eigenvalue weighted by molar-refractivity contribution is 0.0373. The first-order valence-electron chi connectivity index (χ1n) is 12.0. The number of hydrogen-bond donors (Lipinski definition) is 2. The minimum absolute atomic E-state index is 0.0216. The van der Waals surface area contributed by atoms with Gasteiger partial charge in [-0.3, -0.25) is 9.89 Å². The molecule has 0 amide bonds. The first-order valence-corrected chi connectivity index (χ1v) is 12.0. The van der Waals surface area contributed by atoms with Gasteiger partial charge in [0.25, 0.3) is 0 Å². The van der Waals surface area contributed by atoms with Gasteiger partial charge in [0, 0.05) is 63.6 Å². The van der Waals surface area contributed by atoms with E-state index >= 15 is 0 Å². The van der Waals surface area contributed by atoms with Gasteiger partial charge >= 0.3 is 0 Å². The molecule has 2 N–H and O–H groups in total. The number of aliphatic imine (C=N–C) groups is 1. The van der Waals surface area contributed by atoms with Gasteiger partial charge < -0.3 is 20.3 Å². The van der Waals surface area contributed by atoms with Crippen LogP contribution >= 0.6 is 0 Å². The Kier molecular flexibility index (Phi) is 7.64. The summed E-state index contributed by atoms with van der Waals surface area (Å²) in [6.07, 6.45) is 7.78. The Balaban J connectivity index is 1.44. The standard InChI is InChI=1S/C25H39N5O/c1-3-26-24(30-16-11-23(19-30)29-14-7-8-15-29)27-20-25(12-17-31-18-13-25)28-21(2)22-9-5-4-6-10-22/h4-10,21,23,28H,3,11-20H2,1-2H3,(H,26,27). The van der Waals surface area contributed by atoms with Crippen molar-refractivity contribution >= 4 is 5.96 Å². The number of rotatable bonds is 7. The van der Waals surface area contributed by atoms with Gasteiger partial charge in [-0.15, -0.1) is 0 Å². The number of hydrogen-bond acceptors (Lipinski definition) is 4. The summed E-state index contributed by atoms with van der Waals surface area (Å²) in [5.74, 6) is 1.07. The Hall–Kier alpha value is -1.89. The molecule has 0 aromatic heterocycles. The molecule has 3 aliphatic rings. The Morgan fingerprint density at radius 1 is 1.19 bits per heavy atom. The van der Waals surface area contributed by atoms with Gasteiger partial charge in [-0.05, 0) is 38.7 Å². The first kappa shape index (κ1) is 22.3. The van der Waals surface area contributed by atoms with Crippen molar-refractivity contribution in [2.75, 3.05) is 52.5 Å². The maximum atomic E-state index is 5.71. The van der Waals surface area contributed by atoms with E-state index < -0.39 is 0 Å². The SMILES string of the molecule is CCNC(=NCC1(NC(C)c2ccccc2)CCOCC1)N1CCC(N2CC=CC2)C1. The molecule has 0 aliphatic carbocycles. The minimum atomic E-state index is -0.0216. The fourth-order valence-corrected chi connectivity index (χ4v) is 5.07. The molecule has 31 heavy (non-hydrogen) atoms. The van der Waals surface area contributed by atoms with Crippen LogP contribution < -0.4 is 10.6 Å². The molecule has 3 aliphatic heterocycles. The molecular formula is C25H39N5O. The van der Waals surface area contributed by atoms with Crippen LogP contribution in [0.3, 0.4) is 0 Å². The van der Waals surface area contributed by atoms with Crippen LogP contribution in [-0.4, -0.2) is 79.8 Å². The number of ether oxygens (including phenoxy) is 1. The van der Waals surface area contributed by atoms with Gasteiger partial charge in [-0.1, -0.05) is 42.5 Å². The van der Waals surface area contributed by atoms with E-state index in [9.17, 15) is 0 Å². The van der Waals surface area contributed by atoms with Crippen molar-refractivity contribution in [1.82, 2.24) is 20.4 Å². The number of nitrogens with one attached hydrogen (secondary N) is 2. The molecule has 170 valence electrons. The van der Waals surface area contributed by atoms with Crippen LogP contribution in [-0.2, 0) is 4.74 Å². The lowest BCUT2D eigenvalue weighted by Gasteiger charge is -2.40. The maximum Gasteiger partial charge on any atom is 0.194 e. The summed E-state index contributed by atoms with van der Waals surface area (Å²) in [6.45, 7) is 12.0. The summed E-state index contributed by atoms with van der Waals surface area (Å²) in [5.41, 5.74) is 1.30. The molecule has 2 fully saturated rings. The van der Waals surface area contributed by atoms with Gasteiger partial charge in [0.15, 0.2) is 5.96 Å². The largest absolute Gasteiger partial charge is 0.381 e. The highest BCUT2D eigenvalue weighted by molar-refractivity contribution is 5.80. The summed E-state index contributed by atoms with van der Waals surface area (Å²) in [7, 11) is 0. The highest BCUT2D eigenvalue weighted by Crippen LogP contribution is 2.26. The van der Waals surface area contributed by atoms with Crippen molar-refractivity contribution in [2.45, 2.75) is 50.7 Å². The molecule has 1 aromatic carbocycles. The maximum absolute atomic E-state index is 5.71. The van der Waals surface area contributed by atoms with Crippen LogP contribution in [0.2, 0.25) is 0 Å². The van der Waals surface area contributed by atoms with E-state index in [1.165, 1.54) is 12.0 Å². The first-order chi connectivity index (χ1) is 15.2. The Bertz CT molecular complexity index is 736. The summed E-state index contributed by atoms with van der Waals surface area (Å²) in [6, 6.07) is 11.6. The van der Waals surface area contributed by atoms with Gasteiger partial charge in [-0.25, -0.2) is 0 Å². The second-order valence-corrected chi connectivity index (χ2v) is 9.15. The van der Waals surface area contributed by atoms with Crippen LogP contribution in [0.15, 0.2) is 47.5 Å². The van der Waals surface area contributed by atoms with E-state index in [2.05, 4.69) is 76.8 Å². The predicted molar refractivity (Wildman–Crippen MR) is 127 cm³/mol. The second-order valence-electron chi connectivity index (χ2n) is 9.15. The number of benzene rings is 1. The van der Waals surface area contributed by atoms with Crippen molar-refractivity contribution in [3.8, 4) is 0 Å². The molecule has 1 aromatic rings. The molecular weight excluding hydrogens is 386 g/mol. The fraction of sp³-hybridized carbons (Fsp3) is 0.640. The number of guanidine groups is 1. The van der Waals surface area contributed by atoms with Crippen LogP contribution in [0.25, 0.3) is 0 Å². The van der Waals surface area contributed by atoms with Gasteiger partial charge in [0.1, 0.15) is 0 Å².